The zero-order chi connectivity index (χ0) is 16.3. The maximum Gasteiger partial charge on any atom is 0.412 e. The molecular weight excluding hydrogens is 289 g/mol. The number of hydrogen-bond donors (Lipinski definition) is 1. The van der Waals surface area contributed by atoms with Gasteiger partial charge >= 0.3 is 6.09 Å². The van der Waals surface area contributed by atoms with Gasteiger partial charge in [0.15, 0.2) is 0 Å². The molecule has 1 aliphatic rings. The number of amides is 1. The maximum atomic E-state index is 12.8. The lowest BCUT2D eigenvalue weighted by Crippen LogP contribution is -2.46. The molecule has 2 rings (SSSR count). The minimum atomic E-state index is -0.864. The number of rotatable bonds is 3. The maximum absolute atomic E-state index is 12.8. The van der Waals surface area contributed by atoms with Gasteiger partial charge in [0, 0.05) is 0 Å². The van der Waals surface area contributed by atoms with Crippen molar-refractivity contribution in [1.29, 1.82) is 0 Å². The summed E-state index contributed by atoms with van der Waals surface area (Å²) in [5.41, 5.74) is -0.623. The first-order valence-electron chi connectivity index (χ1n) is 7.34. The highest BCUT2D eigenvalue weighted by atomic mass is 19.1. The number of benzene rings is 1. The van der Waals surface area contributed by atoms with E-state index in [4.69, 9.17) is 9.47 Å². The van der Waals surface area contributed by atoms with Crippen LogP contribution in [0.15, 0.2) is 24.3 Å². The summed E-state index contributed by atoms with van der Waals surface area (Å²) in [5, 5.41) is 9.98. The van der Waals surface area contributed by atoms with Gasteiger partial charge in [-0.1, -0.05) is 0 Å². The van der Waals surface area contributed by atoms with E-state index in [2.05, 4.69) is 0 Å². The van der Waals surface area contributed by atoms with Crippen LogP contribution in [0, 0.1) is 5.82 Å². The normalized spacial score (nSPS) is 21.8. The second-order valence-electron chi connectivity index (χ2n) is 6.36. The highest BCUT2D eigenvalue weighted by molar-refractivity contribution is 5.69. The second kappa shape index (κ2) is 6.52. The van der Waals surface area contributed by atoms with Crippen LogP contribution >= 0.6 is 0 Å². The zero-order valence-corrected chi connectivity index (χ0v) is 13.1. The van der Waals surface area contributed by atoms with Crippen LogP contribution < -0.4 is 4.74 Å². The molecule has 0 bridgehead atoms. The molecule has 0 saturated carbocycles. The number of halogens is 1. The van der Waals surface area contributed by atoms with Crippen LogP contribution in [-0.4, -0.2) is 40.6 Å². The van der Waals surface area contributed by atoms with E-state index in [9.17, 15) is 14.3 Å². The summed E-state index contributed by atoms with van der Waals surface area (Å²) in [6.07, 6.45) is -0.306. The molecule has 1 saturated heterocycles. The van der Waals surface area contributed by atoms with Crippen molar-refractivity contribution in [3.05, 3.63) is 30.1 Å². The van der Waals surface area contributed by atoms with Crippen molar-refractivity contribution in [3.63, 3.8) is 0 Å². The van der Waals surface area contributed by atoms with Crippen molar-refractivity contribution < 1.29 is 23.8 Å². The van der Waals surface area contributed by atoms with Crippen LogP contribution in [0.1, 0.15) is 33.6 Å². The van der Waals surface area contributed by atoms with Gasteiger partial charge in [0.05, 0.1) is 6.04 Å². The minimum Gasteiger partial charge on any atom is -0.491 e. The number of hydrogen-bond acceptors (Lipinski definition) is 4. The van der Waals surface area contributed by atoms with Crippen molar-refractivity contribution in [1.82, 2.24) is 4.90 Å². The highest BCUT2D eigenvalue weighted by Crippen LogP contribution is 2.26. The predicted molar refractivity (Wildman–Crippen MR) is 79.0 cm³/mol. The molecule has 0 aliphatic carbocycles. The fraction of sp³-hybridized carbons (Fsp3) is 0.562. The van der Waals surface area contributed by atoms with Gasteiger partial charge in [-0.3, -0.25) is 4.90 Å². The molecule has 0 spiro atoms. The smallest absolute Gasteiger partial charge is 0.412 e. The average Bonchev–Trinajstić information content (AvgIpc) is 2.77. The van der Waals surface area contributed by atoms with E-state index in [0.29, 0.717) is 18.6 Å². The average molecular weight is 311 g/mol. The lowest BCUT2D eigenvalue weighted by molar-refractivity contribution is -0.0290. The van der Waals surface area contributed by atoms with E-state index in [1.165, 1.54) is 29.2 Å². The van der Waals surface area contributed by atoms with Gasteiger partial charge in [0.1, 0.15) is 30.0 Å². The summed E-state index contributed by atoms with van der Waals surface area (Å²) in [7, 11) is 0. The third-order valence-electron chi connectivity index (χ3n) is 3.33. The molecule has 1 fully saturated rings. The number of nitrogens with zero attached hydrogens (tertiary/aromatic N) is 1. The molecule has 122 valence electrons. The summed E-state index contributed by atoms with van der Waals surface area (Å²) in [6, 6.07) is 5.40. The number of aliphatic hydroxyl groups is 1. The molecule has 1 N–H and O–H groups in total. The summed E-state index contributed by atoms with van der Waals surface area (Å²) in [5.74, 6) is 0.186. The summed E-state index contributed by atoms with van der Waals surface area (Å²) >= 11 is 0. The molecular formula is C16H22FNO4. The third-order valence-corrected chi connectivity index (χ3v) is 3.33. The highest BCUT2D eigenvalue weighted by Gasteiger charge is 2.38. The van der Waals surface area contributed by atoms with Gasteiger partial charge < -0.3 is 14.6 Å². The Kier molecular flexibility index (Phi) is 4.90. The molecule has 1 amide bonds. The van der Waals surface area contributed by atoms with Crippen LogP contribution in [0.5, 0.6) is 5.75 Å². The molecule has 1 aliphatic heterocycles. The Hall–Kier alpha value is -1.82. The Morgan fingerprint density at radius 2 is 1.95 bits per heavy atom. The number of carbonyl (C=O) groups excluding carboxylic acids is 1. The van der Waals surface area contributed by atoms with E-state index in [0.717, 1.165) is 0 Å². The van der Waals surface area contributed by atoms with Crippen LogP contribution in [-0.2, 0) is 4.74 Å². The first-order valence-corrected chi connectivity index (χ1v) is 7.34. The van der Waals surface area contributed by atoms with Gasteiger partial charge in [0.25, 0.3) is 0 Å². The third kappa shape index (κ3) is 4.34. The van der Waals surface area contributed by atoms with Crippen molar-refractivity contribution in [2.45, 2.75) is 51.5 Å². The van der Waals surface area contributed by atoms with Crippen molar-refractivity contribution >= 4 is 6.09 Å². The lowest BCUT2D eigenvalue weighted by atomic mass is 10.2. The molecule has 2 atom stereocenters. The molecule has 1 aromatic rings. The monoisotopic (exact) mass is 311 g/mol. The molecule has 22 heavy (non-hydrogen) atoms. The Bertz CT molecular complexity index is 512. The van der Waals surface area contributed by atoms with Gasteiger partial charge in [-0.05, 0) is 57.9 Å². The molecule has 6 heteroatoms. The van der Waals surface area contributed by atoms with E-state index in [1.807, 2.05) is 0 Å². The molecule has 1 heterocycles. The van der Waals surface area contributed by atoms with E-state index >= 15 is 0 Å². The van der Waals surface area contributed by atoms with Gasteiger partial charge in [0.2, 0.25) is 0 Å². The molecule has 5 nitrogen and oxygen atoms in total. The molecule has 0 radical (unpaired) electrons. The van der Waals surface area contributed by atoms with E-state index in [1.54, 1.807) is 20.8 Å². The second-order valence-corrected chi connectivity index (χ2v) is 6.36. The van der Waals surface area contributed by atoms with Crippen LogP contribution in [0.2, 0.25) is 0 Å². The topological polar surface area (TPSA) is 59.0 Å². The molecule has 0 aromatic heterocycles. The number of carbonyl (C=O) groups is 1. The Morgan fingerprint density at radius 1 is 1.32 bits per heavy atom. The lowest BCUT2D eigenvalue weighted by Gasteiger charge is -2.30. The van der Waals surface area contributed by atoms with Gasteiger partial charge in [-0.25, -0.2) is 9.18 Å². The first kappa shape index (κ1) is 16.5. The number of likely N-dealkylation sites (tertiary alicyclic amines) is 1. The van der Waals surface area contributed by atoms with Crippen molar-refractivity contribution in [2.24, 2.45) is 0 Å². The first-order chi connectivity index (χ1) is 10.3. The predicted octanol–water partition coefficient (Wildman–Crippen LogP) is 2.92. The van der Waals surface area contributed by atoms with E-state index < -0.39 is 17.9 Å². The van der Waals surface area contributed by atoms with Crippen LogP contribution in [0.25, 0.3) is 0 Å². The minimum absolute atomic E-state index is 0.224. The van der Waals surface area contributed by atoms with E-state index in [-0.39, 0.29) is 18.5 Å². The van der Waals surface area contributed by atoms with Crippen molar-refractivity contribution in [3.8, 4) is 5.75 Å². The number of aliphatic hydroxyl groups excluding tert-OH is 1. The zero-order valence-electron chi connectivity index (χ0n) is 13.1. The van der Waals surface area contributed by atoms with Gasteiger partial charge in [-0.15, -0.1) is 0 Å². The van der Waals surface area contributed by atoms with Gasteiger partial charge in [-0.2, -0.15) is 0 Å². The Morgan fingerprint density at radius 3 is 2.55 bits per heavy atom. The standard InChI is InChI=1S/C16H22FNO4/c1-16(2,3)22-15(20)18-12(6-9-14(18)19)10-21-13-7-4-11(17)5-8-13/h4-5,7-8,12,14,19H,6,9-10H2,1-3H3. The Labute approximate surface area is 129 Å². The largest absolute Gasteiger partial charge is 0.491 e. The van der Waals surface area contributed by atoms with Crippen molar-refractivity contribution in [2.75, 3.05) is 6.61 Å². The quantitative estimate of drug-likeness (QED) is 0.932. The SMILES string of the molecule is CC(C)(C)OC(=O)N1C(O)CCC1COc1ccc(F)cc1. The Balaban J connectivity index is 1.97. The summed E-state index contributed by atoms with van der Waals surface area (Å²) in [6.45, 7) is 5.55. The fourth-order valence-electron chi connectivity index (χ4n) is 2.34. The molecule has 2 unspecified atom stereocenters. The van der Waals surface area contributed by atoms with Crippen LogP contribution in [0.4, 0.5) is 9.18 Å². The summed E-state index contributed by atoms with van der Waals surface area (Å²) < 4.78 is 23.7. The number of ether oxygens (including phenoxy) is 2. The van der Waals surface area contributed by atoms with Crippen LogP contribution in [0.3, 0.4) is 0 Å². The summed E-state index contributed by atoms with van der Waals surface area (Å²) in [4.78, 5) is 13.5. The fourth-order valence-corrected chi connectivity index (χ4v) is 2.34. The molecule has 1 aromatic carbocycles.